The van der Waals surface area contributed by atoms with Gasteiger partial charge in [-0.1, -0.05) is 24.3 Å². The molecule has 0 unspecified atom stereocenters. The van der Waals surface area contributed by atoms with Gasteiger partial charge in [0.05, 0.1) is 52.9 Å². The lowest BCUT2D eigenvalue weighted by Crippen LogP contribution is -2.08. The summed E-state index contributed by atoms with van der Waals surface area (Å²) < 4.78 is 75.1. The summed E-state index contributed by atoms with van der Waals surface area (Å²) in [5.74, 6) is -3.07. The van der Waals surface area contributed by atoms with Gasteiger partial charge in [-0.2, -0.15) is 0 Å². The number of carbonyl (C=O) groups is 2. The van der Waals surface area contributed by atoms with Gasteiger partial charge in [-0.15, -0.1) is 0 Å². The highest BCUT2D eigenvalue weighted by atomic mass is 19.1. The smallest absolute Gasteiger partial charge is 0.339 e. The molecule has 0 fully saturated rings. The molecular formula is C50H40F4N4O6. The van der Waals surface area contributed by atoms with Crippen molar-refractivity contribution in [3.8, 4) is 45.4 Å². The minimum atomic E-state index is -1.06. The highest BCUT2D eigenvalue weighted by Gasteiger charge is 2.18. The normalized spacial score (nSPS) is 10.8. The number of carboxylic acid groups (broad SMARTS) is 1. The number of benzene rings is 4. The maximum atomic E-state index is 14.1. The van der Waals surface area contributed by atoms with Crippen LogP contribution >= 0.6 is 0 Å². The van der Waals surface area contributed by atoms with Crippen molar-refractivity contribution < 1.29 is 46.5 Å². The van der Waals surface area contributed by atoms with E-state index in [-0.39, 0.29) is 36.5 Å². The summed E-state index contributed by atoms with van der Waals surface area (Å²) >= 11 is 0. The van der Waals surface area contributed by atoms with Gasteiger partial charge >= 0.3 is 11.9 Å². The van der Waals surface area contributed by atoms with Crippen molar-refractivity contribution in [2.45, 2.75) is 34.0 Å². The number of nitrogens with zero attached hydrogens (tertiary/aromatic N) is 4. The Labute approximate surface area is 365 Å². The van der Waals surface area contributed by atoms with Gasteiger partial charge in [0.2, 0.25) is 0 Å². The lowest BCUT2D eigenvalue weighted by molar-refractivity contribution is 0.0525. The molecule has 0 aliphatic heterocycles. The van der Waals surface area contributed by atoms with E-state index in [0.717, 1.165) is 46.0 Å². The van der Waals surface area contributed by atoms with Crippen LogP contribution in [-0.2, 0) is 18.0 Å². The Bertz CT molecular complexity index is 2970. The highest BCUT2D eigenvalue weighted by Crippen LogP contribution is 2.36. The predicted octanol–water partition coefficient (Wildman–Crippen LogP) is 11.3. The monoisotopic (exact) mass is 868 g/mol. The van der Waals surface area contributed by atoms with Crippen LogP contribution in [0.5, 0.6) is 11.5 Å². The maximum absolute atomic E-state index is 14.1. The van der Waals surface area contributed by atoms with Crippen LogP contribution in [0, 0.1) is 37.1 Å². The zero-order valence-electron chi connectivity index (χ0n) is 34.8. The number of para-hydroxylation sites is 2. The lowest BCUT2D eigenvalue weighted by atomic mass is 10.1. The second-order valence-corrected chi connectivity index (χ2v) is 14.3. The molecule has 8 aromatic rings. The van der Waals surface area contributed by atoms with Crippen LogP contribution in [0.15, 0.2) is 146 Å². The molecule has 10 nitrogen and oxygen atoms in total. The number of hydrogen-bond donors (Lipinski definition) is 1. The number of hydrogen-bond acceptors (Lipinski definition) is 7. The molecule has 14 heteroatoms. The molecule has 64 heavy (non-hydrogen) atoms. The maximum Gasteiger partial charge on any atom is 0.339 e. The van der Waals surface area contributed by atoms with Crippen molar-refractivity contribution in [2.24, 2.45) is 0 Å². The fraction of sp³-hybridized carbons (Fsp3) is 0.120. The van der Waals surface area contributed by atoms with Crippen molar-refractivity contribution in [2.75, 3.05) is 6.61 Å². The van der Waals surface area contributed by atoms with Gasteiger partial charge < -0.3 is 28.5 Å². The van der Waals surface area contributed by atoms with E-state index < -0.39 is 35.2 Å². The first-order valence-corrected chi connectivity index (χ1v) is 19.9. The quantitative estimate of drug-likeness (QED) is 0.0899. The Morgan fingerprint density at radius 1 is 0.578 bits per heavy atom. The number of aryl methyl sites for hydroxylation is 2. The molecule has 4 heterocycles. The van der Waals surface area contributed by atoms with Crippen molar-refractivity contribution in [1.82, 2.24) is 19.1 Å². The molecule has 8 rings (SSSR count). The van der Waals surface area contributed by atoms with Crippen LogP contribution in [0.1, 0.15) is 50.2 Å². The number of aromatic nitrogens is 4. The van der Waals surface area contributed by atoms with Crippen LogP contribution in [0.2, 0.25) is 0 Å². The molecule has 0 amide bonds. The van der Waals surface area contributed by atoms with Crippen LogP contribution < -0.4 is 9.47 Å². The summed E-state index contributed by atoms with van der Waals surface area (Å²) in [6.07, 6.45) is 6.00. The standard InChI is InChI=1S/C26H22F2N2O3.C24H18F2N2O3/c1-3-32-26(31)19-12-21(15-29-14-19)30-17(2)8-11-24(30)22-6-4-5-7-25(22)33-16-18-9-10-20(27)13-23(18)28;1-15-6-9-22(28(15)19-10-17(24(29)30)12-27-13-19)20-4-2-3-5-23(20)31-14-16-7-8-18(25)11-21(16)26/h4-15H,3,16H2,1-2H3;2-13H,14H2,1H3,(H,29,30). The minimum absolute atomic E-state index is 0.0529. The van der Waals surface area contributed by atoms with E-state index in [1.54, 1.807) is 49.6 Å². The van der Waals surface area contributed by atoms with E-state index >= 15 is 0 Å². The number of esters is 1. The second-order valence-electron chi connectivity index (χ2n) is 14.3. The molecule has 4 aromatic carbocycles. The molecule has 4 aromatic heterocycles. The van der Waals surface area contributed by atoms with Gasteiger partial charge in [0.25, 0.3) is 0 Å². The van der Waals surface area contributed by atoms with E-state index in [1.165, 1.54) is 36.7 Å². The number of pyridine rings is 2. The van der Waals surface area contributed by atoms with E-state index in [4.69, 9.17) is 14.2 Å². The van der Waals surface area contributed by atoms with Gasteiger partial charge in [-0.05, 0) is 106 Å². The molecule has 0 saturated carbocycles. The Balaban J connectivity index is 0.000000192. The van der Waals surface area contributed by atoms with Crippen molar-refractivity contribution >= 4 is 11.9 Å². The number of carboxylic acids is 1. The third-order valence-corrected chi connectivity index (χ3v) is 10.00. The zero-order chi connectivity index (χ0) is 45.3. The summed E-state index contributed by atoms with van der Waals surface area (Å²) in [5.41, 5.74) is 7.08. The molecule has 0 saturated heterocycles. The van der Waals surface area contributed by atoms with Gasteiger partial charge in [-0.3, -0.25) is 9.97 Å². The first kappa shape index (κ1) is 44.1. The fourth-order valence-electron chi connectivity index (χ4n) is 6.92. The van der Waals surface area contributed by atoms with Crippen LogP contribution in [0.4, 0.5) is 17.6 Å². The Kier molecular flexibility index (Phi) is 13.6. The SMILES string of the molecule is CCOC(=O)c1cncc(-n2c(C)ccc2-c2ccccc2OCc2ccc(F)cc2F)c1.Cc1ccc(-c2ccccc2OCc2ccc(F)cc2F)n1-c1cncc(C(=O)O)c1. The number of carbonyl (C=O) groups excluding carboxylic acids is 1. The number of aromatic carboxylic acids is 1. The number of halogens is 4. The average molecular weight is 869 g/mol. The average Bonchev–Trinajstić information content (AvgIpc) is 3.88. The summed E-state index contributed by atoms with van der Waals surface area (Å²) in [5, 5.41) is 9.30. The summed E-state index contributed by atoms with van der Waals surface area (Å²) in [6.45, 7) is 5.74. The predicted molar refractivity (Wildman–Crippen MR) is 232 cm³/mol. The Hall–Kier alpha value is -8.00. The van der Waals surface area contributed by atoms with Gasteiger partial charge in [0.15, 0.2) is 0 Å². The summed E-state index contributed by atoms with van der Waals surface area (Å²) in [6, 6.07) is 32.3. The zero-order valence-corrected chi connectivity index (χ0v) is 34.8. The van der Waals surface area contributed by atoms with Crippen molar-refractivity contribution in [1.29, 1.82) is 0 Å². The van der Waals surface area contributed by atoms with E-state index in [2.05, 4.69) is 9.97 Å². The van der Waals surface area contributed by atoms with Gasteiger partial charge in [0.1, 0.15) is 48.0 Å². The van der Waals surface area contributed by atoms with Gasteiger partial charge in [0, 0.05) is 58.2 Å². The molecular weight excluding hydrogens is 829 g/mol. The topological polar surface area (TPSA) is 118 Å². The molecule has 0 aliphatic rings. The number of ether oxygens (including phenoxy) is 3. The first-order chi connectivity index (χ1) is 30.9. The molecule has 0 aliphatic carbocycles. The van der Waals surface area contributed by atoms with Crippen molar-refractivity contribution in [3.05, 3.63) is 203 Å². The largest absolute Gasteiger partial charge is 0.488 e. The van der Waals surface area contributed by atoms with Crippen LogP contribution in [0.25, 0.3) is 33.9 Å². The first-order valence-electron chi connectivity index (χ1n) is 19.9. The van der Waals surface area contributed by atoms with E-state index in [9.17, 15) is 32.3 Å². The molecule has 0 radical (unpaired) electrons. The Morgan fingerprint density at radius 3 is 1.48 bits per heavy atom. The molecule has 324 valence electrons. The highest BCUT2D eigenvalue weighted by molar-refractivity contribution is 5.90. The van der Waals surface area contributed by atoms with Crippen LogP contribution in [-0.4, -0.2) is 42.8 Å². The number of rotatable bonds is 13. The summed E-state index contributed by atoms with van der Waals surface area (Å²) in [7, 11) is 0. The van der Waals surface area contributed by atoms with Crippen molar-refractivity contribution in [3.63, 3.8) is 0 Å². The van der Waals surface area contributed by atoms with E-state index in [0.29, 0.717) is 28.4 Å². The second kappa shape index (κ2) is 19.8. The molecule has 0 atom stereocenters. The third kappa shape index (κ3) is 10.0. The minimum Gasteiger partial charge on any atom is -0.488 e. The van der Waals surface area contributed by atoms with E-state index in [1.807, 2.05) is 77.6 Å². The Morgan fingerprint density at radius 2 is 1.03 bits per heavy atom. The summed E-state index contributed by atoms with van der Waals surface area (Å²) in [4.78, 5) is 31.8. The van der Waals surface area contributed by atoms with Gasteiger partial charge in [-0.25, -0.2) is 27.2 Å². The molecule has 1 N–H and O–H groups in total. The molecule has 0 spiro atoms. The molecule has 0 bridgehead atoms. The third-order valence-electron chi connectivity index (χ3n) is 10.00. The van der Waals surface area contributed by atoms with Crippen LogP contribution in [0.3, 0.4) is 0 Å². The lowest BCUT2D eigenvalue weighted by Gasteiger charge is -2.16. The fourth-order valence-corrected chi connectivity index (χ4v) is 6.92.